The van der Waals surface area contributed by atoms with Crippen LogP contribution in [0.15, 0.2) is 11.1 Å². The minimum atomic E-state index is 0.593. The van der Waals surface area contributed by atoms with Crippen LogP contribution in [0, 0.1) is 5.41 Å². The second-order valence-corrected chi connectivity index (χ2v) is 5.47. The van der Waals surface area contributed by atoms with Crippen LogP contribution in [0.5, 0.6) is 0 Å². The second kappa shape index (κ2) is 3.37. The van der Waals surface area contributed by atoms with Crippen LogP contribution < -0.4 is 0 Å². The molecule has 0 radical (unpaired) electrons. The number of hydrogen-bond acceptors (Lipinski definition) is 1. The summed E-state index contributed by atoms with van der Waals surface area (Å²) in [5, 5.41) is 0. The summed E-state index contributed by atoms with van der Waals surface area (Å²) in [5.74, 6) is 0. The zero-order valence-electron chi connectivity index (χ0n) is 10.1. The summed E-state index contributed by atoms with van der Waals surface area (Å²) in [6, 6.07) is 0.768. The van der Waals surface area contributed by atoms with Crippen LogP contribution in [0.1, 0.15) is 46.5 Å². The van der Waals surface area contributed by atoms with Gasteiger partial charge >= 0.3 is 0 Å². The molecule has 0 aromatic heterocycles. The average Bonchev–Trinajstić information content (AvgIpc) is 2.42. The number of nitrogens with zero attached hydrogens (tertiary/aromatic N) is 1. The van der Waals surface area contributed by atoms with E-state index in [4.69, 9.17) is 0 Å². The first-order valence-corrected chi connectivity index (χ1v) is 5.92. The monoisotopic (exact) mass is 193 g/mol. The fourth-order valence-electron chi connectivity index (χ4n) is 3.26. The van der Waals surface area contributed by atoms with E-state index in [2.05, 4.69) is 32.7 Å². The first-order chi connectivity index (χ1) is 6.55. The maximum Gasteiger partial charge on any atom is 0.00722 e. The third kappa shape index (κ3) is 1.42. The molecule has 2 rings (SSSR count). The predicted octanol–water partition coefficient (Wildman–Crippen LogP) is 3.22. The summed E-state index contributed by atoms with van der Waals surface area (Å²) in [6.45, 7) is 8.36. The third-order valence-electron chi connectivity index (χ3n) is 4.80. The normalized spacial score (nSPS) is 39.9. The molecule has 1 heteroatoms. The van der Waals surface area contributed by atoms with E-state index in [1.165, 1.54) is 32.2 Å². The van der Waals surface area contributed by atoms with E-state index < -0.39 is 0 Å². The van der Waals surface area contributed by atoms with Gasteiger partial charge in [-0.15, -0.1) is 0 Å². The fraction of sp³-hybridized carbons (Fsp3) is 0.846. The van der Waals surface area contributed by atoms with Gasteiger partial charge in [0.2, 0.25) is 0 Å². The van der Waals surface area contributed by atoms with Crippen molar-refractivity contribution >= 4 is 0 Å². The number of allylic oxidation sites excluding steroid dienone is 2. The van der Waals surface area contributed by atoms with Crippen molar-refractivity contribution in [1.82, 2.24) is 4.90 Å². The molecular formula is C13H23N. The van der Waals surface area contributed by atoms with Gasteiger partial charge in [-0.1, -0.05) is 11.1 Å². The van der Waals surface area contributed by atoms with Crippen molar-refractivity contribution in [2.75, 3.05) is 13.6 Å². The molecule has 0 aromatic rings. The maximum atomic E-state index is 2.51. The molecule has 14 heavy (non-hydrogen) atoms. The van der Waals surface area contributed by atoms with Crippen molar-refractivity contribution in [1.29, 1.82) is 0 Å². The van der Waals surface area contributed by atoms with Gasteiger partial charge in [-0.25, -0.2) is 0 Å². The van der Waals surface area contributed by atoms with Gasteiger partial charge < -0.3 is 4.90 Å². The van der Waals surface area contributed by atoms with E-state index in [1.54, 1.807) is 11.1 Å². The molecular weight excluding hydrogens is 170 g/mol. The van der Waals surface area contributed by atoms with Gasteiger partial charge in [-0.3, -0.25) is 0 Å². The summed E-state index contributed by atoms with van der Waals surface area (Å²) >= 11 is 0. The first kappa shape index (κ1) is 10.2. The third-order valence-corrected chi connectivity index (χ3v) is 4.80. The zero-order valence-corrected chi connectivity index (χ0v) is 10.1. The number of hydrogen-bond donors (Lipinski definition) is 0. The van der Waals surface area contributed by atoms with Gasteiger partial charge in [0, 0.05) is 6.04 Å². The molecule has 1 spiro atoms. The van der Waals surface area contributed by atoms with E-state index in [1.807, 2.05) is 0 Å². The van der Waals surface area contributed by atoms with E-state index in [9.17, 15) is 0 Å². The summed E-state index contributed by atoms with van der Waals surface area (Å²) < 4.78 is 0. The molecule has 1 aliphatic carbocycles. The summed E-state index contributed by atoms with van der Waals surface area (Å²) in [4.78, 5) is 2.51. The summed E-state index contributed by atoms with van der Waals surface area (Å²) in [7, 11) is 2.26. The maximum absolute atomic E-state index is 2.51. The minimum absolute atomic E-state index is 0.593. The summed E-state index contributed by atoms with van der Waals surface area (Å²) in [5.41, 5.74) is 3.98. The lowest BCUT2D eigenvalue weighted by molar-refractivity contribution is 0.102. The highest BCUT2D eigenvalue weighted by Crippen LogP contribution is 2.50. The number of rotatable bonds is 0. The molecule has 80 valence electrons. The Bertz CT molecular complexity index is 266. The van der Waals surface area contributed by atoms with Crippen molar-refractivity contribution in [3.63, 3.8) is 0 Å². The van der Waals surface area contributed by atoms with E-state index in [0.717, 1.165) is 6.04 Å². The number of piperidine rings is 1. The van der Waals surface area contributed by atoms with Gasteiger partial charge in [0.05, 0.1) is 0 Å². The minimum Gasteiger partial charge on any atom is -0.304 e. The van der Waals surface area contributed by atoms with Crippen molar-refractivity contribution in [3.05, 3.63) is 11.1 Å². The molecule has 0 unspecified atom stereocenters. The molecule has 0 N–H and O–H groups in total. The Morgan fingerprint density at radius 2 is 2.00 bits per heavy atom. The molecule has 1 heterocycles. The molecule has 0 saturated carbocycles. The lowest BCUT2D eigenvalue weighted by Crippen LogP contribution is -2.43. The smallest absolute Gasteiger partial charge is 0.00722 e. The Morgan fingerprint density at radius 3 is 2.50 bits per heavy atom. The highest BCUT2D eigenvalue weighted by molar-refractivity contribution is 5.26. The van der Waals surface area contributed by atoms with Gasteiger partial charge in [0.25, 0.3) is 0 Å². The Morgan fingerprint density at radius 1 is 1.29 bits per heavy atom. The average molecular weight is 193 g/mol. The molecule has 1 nitrogen and oxygen atoms in total. The first-order valence-electron chi connectivity index (χ1n) is 5.92. The van der Waals surface area contributed by atoms with Crippen molar-refractivity contribution in [2.24, 2.45) is 5.41 Å². The highest BCUT2D eigenvalue weighted by atomic mass is 15.1. The van der Waals surface area contributed by atoms with Gasteiger partial charge in [0.15, 0.2) is 0 Å². The standard InChI is InChI=1S/C13H23N/c1-10-5-6-13(12(10)3)7-8-14(4)11(2)9-13/h11H,5-9H2,1-4H3/t11-,13-/m0/s1. The topological polar surface area (TPSA) is 3.24 Å². The molecule has 2 aliphatic rings. The fourth-order valence-corrected chi connectivity index (χ4v) is 3.26. The Balaban J connectivity index is 2.19. The van der Waals surface area contributed by atoms with Crippen LogP contribution in [-0.4, -0.2) is 24.5 Å². The Labute approximate surface area is 88.2 Å². The van der Waals surface area contributed by atoms with Crippen LogP contribution in [0.2, 0.25) is 0 Å². The van der Waals surface area contributed by atoms with Crippen molar-refractivity contribution < 1.29 is 0 Å². The quantitative estimate of drug-likeness (QED) is 0.534. The van der Waals surface area contributed by atoms with Gasteiger partial charge in [-0.2, -0.15) is 0 Å². The molecule has 1 saturated heterocycles. The molecule has 1 aliphatic heterocycles. The number of likely N-dealkylation sites (tertiary alicyclic amines) is 1. The van der Waals surface area contributed by atoms with Crippen LogP contribution in [0.4, 0.5) is 0 Å². The van der Waals surface area contributed by atoms with Gasteiger partial charge in [-0.05, 0) is 65.5 Å². The Kier molecular flexibility index (Phi) is 2.46. The van der Waals surface area contributed by atoms with Crippen LogP contribution >= 0.6 is 0 Å². The molecule has 0 bridgehead atoms. The Hall–Kier alpha value is -0.300. The van der Waals surface area contributed by atoms with Crippen LogP contribution in [0.25, 0.3) is 0 Å². The van der Waals surface area contributed by atoms with Crippen molar-refractivity contribution in [2.45, 2.75) is 52.5 Å². The molecule has 0 aromatic carbocycles. The second-order valence-electron chi connectivity index (χ2n) is 5.47. The highest BCUT2D eigenvalue weighted by Gasteiger charge is 2.41. The van der Waals surface area contributed by atoms with Crippen LogP contribution in [0.3, 0.4) is 0 Å². The van der Waals surface area contributed by atoms with E-state index in [-0.39, 0.29) is 0 Å². The van der Waals surface area contributed by atoms with Crippen LogP contribution in [-0.2, 0) is 0 Å². The molecule has 1 fully saturated rings. The van der Waals surface area contributed by atoms with Gasteiger partial charge in [0.1, 0.15) is 0 Å². The van der Waals surface area contributed by atoms with E-state index in [0.29, 0.717) is 5.41 Å². The summed E-state index contributed by atoms with van der Waals surface area (Å²) in [6.07, 6.45) is 5.54. The zero-order chi connectivity index (χ0) is 10.3. The largest absolute Gasteiger partial charge is 0.304 e. The molecule has 0 amide bonds. The molecule has 2 atom stereocenters. The predicted molar refractivity (Wildman–Crippen MR) is 61.4 cm³/mol. The lowest BCUT2D eigenvalue weighted by Gasteiger charge is -2.43. The lowest BCUT2D eigenvalue weighted by atomic mass is 9.71. The SMILES string of the molecule is CC1=C(C)[C@@]2(CC1)CCN(C)[C@@H](C)C2. The van der Waals surface area contributed by atoms with E-state index >= 15 is 0 Å². The van der Waals surface area contributed by atoms with Crippen molar-refractivity contribution in [3.8, 4) is 0 Å².